The average molecular weight is 366 g/mol. The summed E-state index contributed by atoms with van der Waals surface area (Å²) < 4.78 is 0. The fourth-order valence-corrected chi connectivity index (χ4v) is 3.33. The smallest absolute Gasteiger partial charge is 0.246 e. The number of piperazine rings is 1. The second-order valence-corrected chi connectivity index (χ2v) is 6.96. The molecule has 1 amide bonds. The predicted molar refractivity (Wildman–Crippen MR) is 97.9 cm³/mol. The number of amides is 1. The Labute approximate surface area is 153 Å². The standard InChI is InChI=1S/C18H21Cl2N3O/c1-13(2)17(12-21)22-8-10-23(11-9-22)18(24)7-6-14-15(19)4-3-5-16(14)20/h3-7,13,17H,8-11H2,1-2H3/b7-6+. The number of carbonyl (C=O) groups is 1. The Morgan fingerprint density at radius 1 is 1.21 bits per heavy atom. The Morgan fingerprint density at radius 2 is 1.79 bits per heavy atom. The van der Waals surface area contributed by atoms with Crippen LogP contribution in [-0.2, 0) is 4.79 Å². The van der Waals surface area contributed by atoms with E-state index in [2.05, 4.69) is 11.0 Å². The summed E-state index contributed by atoms with van der Waals surface area (Å²) in [4.78, 5) is 16.3. The van der Waals surface area contributed by atoms with Crippen molar-refractivity contribution in [2.24, 2.45) is 5.92 Å². The summed E-state index contributed by atoms with van der Waals surface area (Å²) in [6.45, 7) is 6.74. The van der Waals surface area contributed by atoms with Crippen molar-refractivity contribution in [1.82, 2.24) is 9.80 Å². The Morgan fingerprint density at radius 3 is 2.29 bits per heavy atom. The van der Waals surface area contributed by atoms with Gasteiger partial charge in [-0.25, -0.2) is 0 Å². The zero-order valence-electron chi connectivity index (χ0n) is 13.9. The number of nitrogens with zero attached hydrogens (tertiary/aromatic N) is 3. The maximum Gasteiger partial charge on any atom is 0.246 e. The minimum absolute atomic E-state index is 0.0660. The first-order valence-electron chi connectivity index (χ1n) is 7.98. The van der Waals surface area contributed by atoms with Gasteiger partial charge >= 0.3 is 0 Å². The van der Waals surface area contributed by atoms with Crippen molar-refractivity contribution in [2.45, 2.75) is 19.9 Å². The van der Waals surface area contributed by atoms with E-state index < -0.39 is 0 Å². The Hall–Kier alpha value is -1.54. The molecule has 1 aliphatic rings. The van der Waals surface area contributed by atoms with Crippen LogP contribution in [0.2, 0.25) is 10.0 Å². The molecule has 1 fully saturated rings. The summed E-state index contributed by atoms with van der Waals surface area (Å²) in [7, 11) is 0. The van der Waals surface area contributed by atoms with Crippen LogP contribution in [0.15, 0.2) is 24.3 Å². The van der Waals surface area contributed by atoms with Crippen molar-refractivity contribution in [3.63, 3.8) is 0 Å². The molecule has 0 aromatic heterocycles. The fourth-order valence-electron chi connectivity index (χ4n) is 2.80. The number of hydrogen-bond acceptors (Lipinski definition) is 3. The van der Waals surface area contributed by atoms with E-state index in [1.54, 1.807) is 29.2 Å². The number of nitriles is 1. The molecule has 0 N–H and O–H groups in total. The van der Waals surface area contributed by atoms with E-state index in [0.29, 0.717) is 41.8 Å². The molecule has 1 aliphatic heterocycles. The lowest BCUT2D eigenvalue weighted by atomic mass is 10.0. The van der Waals surface area contributed by atoms with Crippen LogP contribution in [0.25, 0.3) is 6.08 Å². The van der Waals surface area contributed by atoms with Gasteiger partial charge < -0.3 is 4.90 Å². The van der Waals surface area contributed by atoms with Gasteiger partial charge in [0.15, 0.2) is 0 Å². The molecule has 0 bridgehead atoms. The monoisotopic (exact) mass is 365 g/mol. The lowest BCUT2D eigenvalue weighted by Crippen LogP contribution is -2.52. The first-order valence-corrected chi connectivity index (χ1v) is 8.74. The van der Waals surface area contributed by atoms with Crippen LogP contribution in [0.5, 0.6) is 0 Å². The molecular formula is C18H21Cl2N3O. The van der Waals surface area contributed by atoms with Crippen molar-refractivity contribution >= 4 is 35.2 Å². The number of rotatable bonds is 4. The molecule has 24 heavy (non-hydrogen) atoms. The summed E-state index contributed by atoms with van der Waals surface area (Å²) >= 11 is 12.2. The first-order chi connectivity index (χ1) is 11.4. The zero-order valence-corrected chi connectivity index (χ0v) is 15.4. The average Bonchev–Trinajstić information content (AvgIpc) is 2.55. The zero-order chi connectivity index (χ0) is 17.7. The van der Waals surface area contributed by atoms with Crippen LogP contribution in [0.3, 0.4) is 0 Å². The van der Waals surface area contributed by atoms with Crippen LogP contribution in [0.4, 0.5) is 0 Å². The highest BCUT2D eigenvalue weighted by Crippen LogP contribution is 2.25. The molecule has 1 aromatic rings. The summed E-state index contributed by atoms with van der Waals surface area (Å²) in [5.74, 6) is 0.211. The molecule has 1 atom stereocenters. The van der Waals surface area contributed by atoms with Gasteiger partial charge in [-0.1, -0.05) is 43.1 Å². The van der Waals surface area contributed by atoms with Crippen molar-refractivity contribution in [3.8, 4) is 6.07 Å². The van der Waals surface area contributed by atoms with Crippen LogP contribution in [0.1, 0.15) is 19.4 Å². The van der Waals surface area contributed by atoms with Crippen LogP contribution >= 0.6 is 23.2 Å². The van der Waals surface area contributed by atoms with Gasteiger partial charge in [0.1, 0.15) is 6.04 Å². The molecule has 0 radical (unpaired) electrons. The number of carbonyl (C=O) groups excluding carboxylic acids is 1. The predicted octanol–water partition coefficient (Wildman–Crippen LogP) is 3.70. The first kappa shape index (κ1) is 18.8. The third kappa shape index (κ3) is 4.51. The third-order valence-electron chi connectivity index (χ3n) is 4.18. The molecule has 2 rings (SSSR count). The van der Waals surface area contributed by atoms with Gasteiger partial charge in [0.25, 0.3) is 0 Å². The van der Waals surface area contributed by atoms with Gasteiger partial charge in [-0.2, -0.15) is 5.26 Å². The van der Waals surface area contributed by atoms with Gasteiger partial charge in [0, 0.05) is 47.9 Å². The van der Waals surface area contributed by atoms with Gasteiger partial charge in [-0.15, -0.1) is 0 Å². The molecule has 0 saturated carbocycles. The minimum Gasteiger partial charge on any atom is -0.337 e. The Kier molecular flexibility index (Phi) is 6.68. The summed E-state index contributed by atoms with van der Waals surface area (Å²) in [6, 6.07) is 7.50. The van der Waals surface area contributed by atoms with E-state index in [9.17, 15) is 10.1 Å². The highest BCUT2D eigenvalue weighted by molar-refractivity contribution is 6.37. The van der Waals surface area contributed by atoms with E-state index in [1.165, 1.54) is 6.08 Å². The van der Waals surface area contributed by atoms with E-state index in [0.717, 1.165) is 0 Å². The van der Waals surface area contributed by atoms with Crippen molar-refractivity contribution in [2.75, 3.05) is 26.2 Å². The van der Waals surface area contributed by atoms with Crippen LogP contribution < -0.4 is 0 Å². The van der Waals surface area contributed by atoms with E-state index in [-0.39, 0.29) is 17.9 Å². The lowest BCUT2D eigenvalue weighted by molar-refractivity contribution is -0.127. The molecule has 1 aromatic carbocycles. The number of hydrogen-bond donors (Lipinski definition) is 0. The lowest BCUT2D eigenvalue weighted by Gasteiger charge is -2.37. The molecule has 1 heterocycles. The van der Waals surface area contributed by atoms with E-state index in [4.69, 9.17) is 23.2 Å². The maximum absolute atomic E-state index is 12.3. The highest BCUT2D eigenvalue weighted by Gasteiger charge is 2.26. The second kappa shape index (κ2) is 8.53. The molecule has 1 saturated heterocycles. The summed E-state index contributed by atoms with van der Waals surface area (Å²) in [6.07, 6.45) is 3.17. The molecule has 4 nitrogen and oxygen atoms in total. The SMILES string of the molecule is CC(C)C(C#N)N1CCN(C(=O)/C=C/c2c(Cl)cccc2Cl)CC1. The molecular weight excluding hydrogens is 345 g/mol. The summed E-state index contributed by atoms with van der Waals surface area (Å²) in [5, 5.41) is 10.3. The number of benzene rings is 1. The Bertz CT molecular complexity index is 638. The number of halogens is 2. The summed E-state index contributed by atoms with van der Waals surface area (Å²) in [5.41, 5.74) is 0.650. The van der Waals surface area contributed by atoms with Crippen molar-refractivity contribution < 1.29 is 4.79 Å². The Balaban J connectivity index is 1.96. The molecule has 128 valence electrons. The molecule has 6 heteroatoms. The minimum atomic E-state index is -0.0975. The third-order valence-corrected chi connectivity index (χ3v) is 4.83. The van der Waals surface area contributed by atoms with Crippen molar-refractivity contribution in [3.05, 3.63) is 39.9 Å². The fraction of sp³-hybridized carbons (Fsp3) is 0.444. The normalized spacial score (nSPS) is 17.2. The second-order valence-electron chi connectivity index (χ2n) is 6.15. The maximum atomic E-state index is 12.3. The highest BCUT2D eigenvalue weighted by atomic mass is 35.5. The largest absolute Gasteiger partial charge is 0.337 e. The van der Waals surface area contributed by atoms with Gasteiger partial charge in [-0.3, -0.25) is 9.69 Å². The van der Waals surface area contributed by atoms with Crippen molar-refractivity contribution in [1.29, 1.82) is 5.26 Å². The topological polar surface area (TPSA) is 47.3 Å². The van der Waals surface area contributed by atoms with Crippen LogP contribution in [-0.4, -0.2) is 47.9 Å². The quantitative estimate of drug-likeness (QED) is 0.764. The van der Waals surface area contributed by atoms with E-state index >= 15 is 0 Å². The van der Waals surface area contributed by atoms with E-state index in [1.807, 2.05) is 13.8 Å². The van der Waals surface area contributed by atoms with Gasteiger partial charge in [-0.05, 0) is 24.1 Å². The molecule has 1 unspecified atom stereocenters. The van der Waals surface area contributed by atoms with Crippen LogP contribution in [0, 0.1) is 17.2 Å². The van der Waals surface area contributed by atoms with Gasteiger partial charge in [0.2, 0.25) is 5.91 Å². The van der Waals surface area contributed by atoms with Gasteiger partial charge in [0.05, 0.1) is 6.07 Å². The molecule has 0 spiro atoms. The molecule has 0 aliphatic carbocycles.